The summed E-state index contributed by atoms with van der Waals surface area (Å²) in [4.78, 5) is 25.3. The summed E-state index contributed by atoms with van der Waals surface area (Å²) in [5, 5.41) is 12.4. The Bertz CT molecular complexity index is 891. The number of rotatable bonds is 6. The SMILES string of the molecule is CC(C)C(NC(=O)c1ccc(C(C)(C)C)cc1)C(=O)NCc1n[nH]c(=S)n1C. The lowest BCUT2D eigenvalue weighted by molar-refractivity contribution is -0.124. The van der Waals surface area contributed by atoms with E-state index in [2.05, 4.69) is 41.6 Å². The van der Waals surface area contributed by atoms with Crippen LogP contribution in [0, 0.1) is 10.7 Å². The number of aromatic nitrogens is 3. The third-order valence-corrected chi connectivity index (χ3v) is 5.01. The van der Waals surface area contributed by atoms with Gasteiger partial charge in [-0.1, -0.05) is 46.8 Å². The van der Waals surface area contributed by atoms with Gasteiger partial charge in [-0.25, -0.2) is 0 Å². The highest BCUT2D eigenvalue weighted by Gasteiger charge is 2.25. The van der Waals surface area contributed by atoms with Gasteiger partial charge in [0.25, 0.3) is 5.91 Å². The molecule has 8 heteroatoms. The Balaban J connectivity index is 2.04. The molecule has 28 heavy (non-hydrogen) atoms. The first kappa shape index (κ1) is 21.8. The van der Waals surface area contributed by atoms with Gasteiger partial charge in [-0.05, 0) is 41.2 Å². The second kappa shape index (κ2) is 8.68. The number of nitrogens with one attached hydrogen (secondary N) is 3. The van der Waals surface area contributed by atoms with Crippen LogP contribution in [0.5, 0.6) is 0 Å². The maximum Gasteiger partial charge on any atom is 0.251 e. The van der Waals surface area contributed by atoms with Crippen LogP contribution in [-0.4, -0.2) is 32.6 Å². The molecule has 2 rings (SSSR count). The Hall–Kier alpha value is -2.48. The summed E-state index contributed by atoms with van der Waals surface area (Å²) < 4.78 is 2.17. The maximum atomic E-state index is 12.6. The molecular formula is C20H29N5O2S. The van der Waals surface area contributed by atoms with E-state index in [0.29, 0.717) is 16.2 Å². The highest BCUT2D eigenvalue weighted by atomic mass is 32.1. The van der Waals surface area contributed by atoms with E-state index in [-0.39, 0.29) is 29.7 Å². The van der Waals surface area contributed by atoms with Crippen LogP contribution in [-0.2, 0) is 23.8 Å². The van der Waals surface area contributed by atoms with Gasteiger partial charge in [0.15, 0.2) is 10.6 Å². The van der Waals surface area contributed by atoms with E-state index in [1.54, 1.807) is 23.7 Å². The summed E-state index contributed by atoms with van der Waals surface area (Å²) in [6.07, 6.45) is 0. The molecule has 0 fully saturated rings. The lowest BCUT2D eigenvalue weighted by Crippen LogP contribution is -2.49. The fourth-order valence-electron chi connectivity index (χ4n) is 2.69. The van der Waals surface area contributed by atoms with E-state index in [4.69, 9.17) is 12.2 Å². The highest BCUT2D eigenvalue weighted by molar-refractivity contribution is 7.71. The molecule has 1 heterocycles. The number of aromatic amines is 1. The van der Waals surface area contributed by atoms with Crippen LogP contribution < -0.4 is 10.6 Å². The zero-order chi connectivity index (χ0) is 21.1. The first-order valence-corrected chi connectivity index (χ1v) is 9.71. The largest absolute Gasteiger partial charge is 0.347 e. The van der Waals surface area contributed by atoms with Gasteiger partial charge < -0.3 is 15.2 Å². The summed E-state index contributed by atoms with van der Waals surface area (Å²) in [6.45, 7) is 10.4. The standard InChI is InChI=1S/C20H29N5O2S/c1-12(2)16(18(27)21-11-15-23-24-19(28)25(15)6)22-17(26)13-7-9-14(10-8-13)20(3,4)5/h7-10,12,16H,11H2,1-6H3,(H,21,27)(H,22,26)(H,24,28). The molecule has 3 N–H and O–H groups in total. The van der Waals surface area contributed by atoms with Gasteiger partial charge in [0, 0.05) is 12.6 Å². The van der Waals surface area contributed by atoms with Gasteiger partial charge in [-0.3, -0.25) is 14.7 Å². The molecule has 1 aromatic carbocycles. The van der Waals surface area contributed by atoms with Gasteiger partial charge in [-0.15, -0.1) is 0 Å². The van der Waals surface area contributed by atoms with Crippen LogP contribution in [0.4, 0.5) is 0 Å². The van der Waals surface area contributed by atoms with Gasteiger partial charge in [0.2, 0.25) is 5.91 Å². The number of carbonyl (C=O) groups is 2. The van der Waals surface area contributed by atoms with Crippen LogP contribution in [0.2, 0.25) is 0 Å². The van der Waals surface area contributed by atoms with E-state index < -0.39 is 6.04 Å². The van der Waals surface area contributed by atoms with Crippen molar-refractivity contribution in [2.24, 2.45) is 13.0 Å². The highest BCUT2D eigenvalue weighted by Crippen LogP contribution is 2.22. The third kappa shape index (κ3) is 5.28. The van der Waals surface area contributed by atoms with Crippen LogP contribution in [0.25, 0.3) is 0 Å². The summed E-state index contributed by atoms with van der Waals surface area (Å²) in [5.41, 5.74) is 1.69. The molecule has 1 atom stereocenters. The Morgan fingerprint density at radius 1 is 1.21 bits per heavy atom. The first-order chi connectivity index (χ1) is 13.0. The lowest BCUT2D eigenvalue weighted by Gasteiger charge is -2.22. The molecule has 152 valence electrons. The molecule has 1 unspecified atom stereocenters. The summed E-state index contributed by atoms with van der Waals surface area (Å²) in [5.74, 6) is 0.0151. The minimum absolute atomic E-state index is 0.0165. The van der Waals surface area contributed by atoms with Crippen LogP contribution >= 0.6 is 12.2 Å². The number of benzene rings is 1. The van der Waals surface area contributed by atoms with Crippen LogP contribution in [0.3, 0.4) is 0 Å². The number of hydrogen-bond acceptors (Lipinski definition) is 4. The molecular weight excluding hydrogens is 374 g/mol. The normalized spacial score (nSPS) is 12.7. The zero-order valence-electron chi connectivity index (χ0n) is 17.3. The Morgan fingerprint density at radius 2 is 1.82 bits per heavy atom. The predicted octanol–water partition coefficient (Wildman–Crippen LogP) is 2.85. The minimum Gasteiger partial charge on any atom is -0.347 e. The predicted molar refractivity (Wildman–Crippen MR) is 111 cm³/mol. The number of H-pyrrole nitrogens is 1. The zero-order valence-corrected chi connectivity index (χ0v) is 18.1. The van der Waals surface area contributed by atoms with E-state index >= 15 is 0 Å². The minimum atomic E-state index is -0.651. The fraction of sp³-hybridized carbons (Fsp3) is 0.500. The molecule has 0 saturated carbocycles. The van der Waals surface area contributed by atoms with Crippen molar-refractivity contribution in [3.8, 4) is 0 Å². The van der Waals surface area contributed by atoms with E-state index in [0.717, 1.165) is 5.56 Å². The Kier molecular flexibility index (Phi) is 6.77. The maximum absolute atomic E-state index is 12.6. The fourth-order valence-corrected chi connectivity index (χ4v) is 2.85. The van der Waals surface area contributed by atoms with Gasteiger partial charge in [0.1, 0.15) is 6.04 Å². The van der Waals surface area contributed by atoms with Crippen molar-refractivity contribution in [1.29, 1.82) is 0 Å². The van der Waals surface area contributed by atoms with Crippen molar-refractivity contribution in [1.82, 2.24) is 25.4 Å². The quantitative estimate of drug-likeness (QED) is 0.647. The lowest BCUT2D eigenvalue weighted by atomic mass is 9.86. The monoisotopic (exact) mass is 403 g/mol. The van der Waals surface area contributed by atoms with Crippen LogP contribution in [0.15, 0.2) is 24.3 Å². The third-order valence-electron chi connectivity index (χ3n) is 4.64. The number of amides is 2. The molecule has 2 amide bonds. The molecule has 0 spiro atoms. The van der Waals surface area contributed by atoms with E-state index in [1.165, 1.54) is 0 Å². The van der Waals surface area contributed by atoms with E-state index in [1.807, 2.05) is 26.0 Å². The molecule has 0 aliphatic rings. The number of hydrogen-bond donors (Lipinski definition) is 3. The summed E-state index contributed by atoms with van der Waals surface area (Å²) in [7, 11) is 1.77. The smallest absolute Gasteiger partial charge is 0.251 e. The van der Waals surface area contributed by atoms with Gasteiger partial charge in [0.05, 0.1) is 6.54 Å². The average Bonchev–Trinajstić information content (AvgIpc) is 2.95. The molecule has 0 bridgehead atoms. The Morgan fingerprint density at radius 3 is 2.29 bits per heavy atom. The topological polar surface area (TPSA) is 91.8 Å². The molecule has 1 aromatic heterocycles. The van der Waals surface area contributed by atoms with Crippen LogP contribution in [0.1, 0.15) is 56.4 Å². The summed E-state index contributed by atoms with van der Waals surface area (Å²) >= 11 is 5.07. The number of nitrogens with zero attached hydrogens (tertiary/aromatic N) is 2. The number of carbonyl (C=O) groups excluding carboxylic acids is 2. The van der Waals surface area contributed by atoms with Gasteiger partial charge in [-0.2, -0.15) is 5.10 Å². The Labute approximate surface area is 170 Å². The van der Waals surface area contributed by atoms with Crippen molar-refractivity contribution < 1.29 is 9.59 Å². The molecule has 0 radical (unpaired) electrons. The van der Waals surface area contributed by atoms with Crippen molar-refractivity contribution in [3.05, 3.63) is 46.0 Å². The summed E-state index contributed by atoms with van der Waals surface area (Å²) in [6, 6.07) is 6.83. The average molecular weight is 404 g/mol. The molecule has 7 nitrogen and oxygen atoms in total. The van der Waals surface area contributed by atoms with Crippen molar-refractivity contribution in [2.75, 3.05) is 0 Å². The molecule has 0 saturated heterocycles. The molecule has 2 aromatic rings. The van der Waals surface area contributed by atoms with E-state index in [9.17, 15) is 9.59 Å². The van der Waals surface area contributed by atoms with Crippen molar-refractivity contribution in [2.45, 2.75) is 52.6 Å². The van der Waals surface area contributed by atoms with Crippen molar-refractivity contribution >= 4 is 24.0 Å². The van der Waals surface area contributed by atoms with Gasteiger partial charge >= 0.3 is 0 Å². The molecule has 0 aliphatic carbocycles. The first-order valence-electron chi connectivity index (χ1n) is 9.30. The van der Waals surface area contributed by atoms with Crippen molar-refractivity contribution in [3.63, 3.8) is 0 Å². The second-order valence-corrected chi connectivity index (χ2v) is 8.63. The molecule has 0 aliphatic heterocycles. The second-order valence-electron chi connectivity index (χ2n) is 8.24.